The molecule has 0 saturated heterocycles. The molecule has 3 aromatic carbocycles. The number of ether oxygens (including phenoxy) is 1. The normalized spacial score (nSPS) is 11.2. The van der Waals surface area contributed by atoms with Gasteiger partial charge in [0.05, 0.1) is 12.8 Å². The lowest BCUT2D eigenvalue weighted by Crippen LogP contribution is -2.02. The maximum absolute atomic E-state index is 5.41. The van der Waals surface area contributed by atoms with Crippen LogP contribution < -0.4 is 0 Å². The number of rotatable bonds is 4. The molecule has 25 heavy (non-hydrogen) atoms. The molecule has 0 N–H and O–H groups in total. The first-order valence-corrected chi connectivity index (χ1v) is 7.86. The van der Waals surface area contributed by atoms with E-state index in [0.29, 0.717) is 5.90 Å². The first kappa shape index (κ1) is 18.9. The van der Waals surface area contributed by atoms with Crippen LogP contribution in [-0.2, 0) is 4.74 Å². The third-order valence-corrected chi connectivity index (χ3v) is 3.61. The van der Waals surface area contributed by atoms with E-state index in [0.717, 1.165) is 16.8 Å². The van der Waals surface area contributed by atoms with E-state index >= 15 is 0 Å². The van der Waals surface area contributed by atoms with Crippen molar-refractivity contribution in [3.8, 4) is 0 Å². The number of benzene rings is 3. The van der Waals surface area contributed by atoms with E-state index in [4.69, 9.17) is 4.74 Å². The molecule has 0 atom stereocenters. The van der Waals surface area contributed by atoms with E-state index < -0.39 is 0 Å². The van der Waals surface area contributed by atoms with Gasteiger partial charge in [-0.3, -0.25) is 0 Å². The van der Waals surface area contributed by atoms with Crippen molar-refractivity contribution >= 4 is 47.7 Å². The molecule has 0 aliphatic carbocycles. The molecule has 3 heteroatoms. The Morgan fingerprint density at radius 2 is 1.24 bits per heavy atom. The molecule has 0 spiro atoms. The fourth-order valence-electron chi connectivity index (χ4n) is 2.34. The second kappa shape index (κ2) is 9.79. The predicted octanol–water partition coefficient (Wildman–Crippen LogP) is 6.20. The highest BCUT2D eigenvalue weighted by Gasteiger charge is 2.02. The highest BCUT2D eigenvalue weighted by Crippen LogP contribution is 2.17. The molecule has 0 amide bonds. The second-order valence-corrected chi connectivity index (χ2v) is 5.32. The summed E-state index contributed by atoms with van der Waals surface area (Å²) in [6.07, 6.45) is 4.19. The summed E-state index contributed by atoms with van der Waals surface area (Å²) < 4.78 is 5.41. The molecule has 126 valence electrons. The van der Waals surface area contributed by atoms with Crippen LogP contribution in [0.25, 0.3) is 12.2 Å². The molecule has 0 aromatic heterocycles. The Bertz CT molecular complexity index is 825. The number of aliphatic imine (C=N–C) groups is 1. The minimum atomic E-state index is 0. The molecule has 3 aromatic rings. The molecule has 0 fully saturated rings. The standard InChI is InChI=1S/C22H19NO.HI/c1-24-22(20-10-6-3-7-11-20)23-21-16-14-19(15-17-21)13-12-18-8-4-2-5-9-18;/h2-17H,1H3;1H. The lowest BCUT2D eigenvalue weighted by molar-refractivity contribution is 0.405. The van der Waals surface area contributed by atoms with Gasteiger partial charge in [0.1, 0.15) is 0 Å². The average molecular weight is 441 g/mol. The predicted molar refractivity (Wildman–Crippen MR) is 117 cm³/mol. The molecular weight excluding hydrogens is 421 g/mol. The van der Waals surface area contributed by atoms with Crippen molar-refractivity contribution in [1.82, 2.24) is 0 Å². The molecule has 0 heterocycles. The van der Waals surface area contributed by atoms with Crippen LogP contribution in [0.3, 0.4) is 0 Å². The van der Waals surface area contributed by atoms with Gasteiger partial charge in [-0.2, -0.15) is 0 Å². The summed E-state index contributed by atoms with van der Waals surface area (Å²) in [6, 6.07) is 28.2. The minimum absolute atomic E-state index is 0. The Balaban J connectivity index is 0.00000225. The average Bonchev–Trinajstić information content (AvgIpc) is 2.67. The minimum Gasteiger partial charge on any atom is -0.481 e. The molecule has 0 bridgehead atoms. The van der Waals surface area contributed by atoms with Crippen molar-refractivity contribution in [3.05, 3.63) is 102 Å². The van der Waals surface area contributed by atoms with Gasteiger partial charge in [-0.05, 0) is 35.4 Å². The zero-order valence-electron chi connectivity index (χ0n) is 14.0. The number of hydrogen-bond acceptors (Lipinski definition) is 2. The Morgan fingerprint density at radius 3 is 1.80 bits per heavy atom. The second-order valence-electron chi connectivity index (χ2n) is 5.32. The van der Waals surface area contributed by atoms with E-state index in [1.165, 1.54) is 5.56 Å². The third kappa shape index (κ3) is 5.57. The monoisotopic (exact) mass is 441 g/mol. The molecule has 3 rings (SSSR count). The van der Waals surface area contributed by atoms with Gasteiger partial charge in [0, 0.05) is 5.56 Å². The van der Waals surface area contributed by atoms with Gasteiger partial charge in [0.15, 0.2) is 0 Å². The molecule has 0 aliphatic rings. The van der Waals surface area contributed by atoms with E-state index in [1.807, 2.05) is 60.7 Å². The lowest BCUT2D eigenvalue weighted by atomic mass is 10.1. The van der Waals surface area contributed by atoms with Gasteiger partial charge in [-0.1, -0.05) is 72.8 Å². The third-order valence-electron chi connectivity index (χ3n) is 3.61. The van der Waals surface area contributed by atoms with E-state index in [1.54, 1.807) is 7.11 Å². The van der Waals surface area contributed by atoms with Crippen molar-refractivity contribution in [2.75, 3.05) is 7.11 Å². The number of halogens is 1. The zero-order chi connectivity index (χ0) is 16.6. The van der Waals surface area contributed by atoms with Gasteiger partial charge >= 0.3 is 0 Å². The zero-order valence-corrected chi connectivity index (χ0v) is 16.3. The van der Waals surface area contributed by atoms with Crippen molar-refractivity contribution in [3.63, 3.8) is 0 Å². The molecule has 0 saturated carbocycles. The first-order valence-electron chi connectivity index (χ1n) is 7.86. The van der Waals surface area contributed by atoms with Crippen molar-refractivity contribution in [2.24, 2.45) is 4.99 Å². The Kier molecular flexibility index (Phi) is 7.41. The quantitative estimate of drug-likeness (QED) is 0.205. The van der Waals surface area contributed by atoms with Crippen LogP contribution in [-0.4, -0.2) is 13.0 Å². The van der Waals surface area contributed by atoms with Gasteiger partial charge < -0.3 is 4.74 Å². The van der Waals surface area contributed by atoms with Crippen molar-refractivity contribution in [1.29, 1.82) is 0 Å². The van der Waals surface area contributed by atoms with Crippen LogP contribution in [0.5, 0.6) is 0 Å². The Morgan fingerprint density at radius 1 is 0.720 bits per heavy atom. The smallest absolute Gasteiger partial charge is 0.220 e. The summed E-state index contributed by atoms with van der Waals surface area (Å²) in [5.74, 6) is 0.614. The van der Waals surface area contributed by atoms with Crippen molar-refractivity contribution < 1.29 is 4.74 Å². The molecule has 0 radical (unpaired) electrons. The van der Waals surface area contributed by atoms with Crippen LogP contribution in [0.4, 0.5) is 5.69 Å². The Labute approximate surface area is 165 Å². The van der Waals surface area contributed by atoms with Crippen LogP contribution in [0, 0.1) is 0 Å². The first-order chi connectivity index (χ1) is 11.8. The maximum Gasteiger partial charge on any atom is 0.220 e. The van der Waals surface area contributed by atoms with Gasteiger partial charge in [0.25, 0.3) is 0 Å². The lowest BCUT2D eigenvalue weighted by Gasteiger charge is -2.05. The summed E-state index contributed by atoms with van der Waals surface area (Å²) in [6.45, 7) is 0. The molecule has 0 aliphatic heterocycles. The molecule has 2 nitrogen and oxygen atoms in total. The van der Waals surface area contributed by atoms with Crippen LogP contribution in [0.1, 0.15) is 16.7 Å². The summed E-state index contributed by atoms with van der Waals surface area (Å²) >= 11 is 0. The SMILES string of the molecule is COC(=Nc1ccc(C=Cc2ccccc2)cc1)c1ccccc1.I. The van der Waals surface area contributed by atoms with Crippen LogP contribution in [0.15, 0.2) is 89.9 Å². The Hall–Kier alpha value is -2.40. The highest BCUT2D eigenvalue weighted by atomic mass is 127. The van der Waals surface area contributed by atoms with Gasteiger partial charge in [0.2, 0.25) is 5.90 Å². The highest BCUT2D eigenvalue weighted by molar-refractivity contribution is 14.0. The van der Waals surface area contributed by atoms with Crippen molar-refractivity contribution in [2.45, 2.75) is 0 Å². The molecular formula is C22H20INO. The number of hydrogen-bond donors (Lipinski definition) is 0. The maximum atomic E-state index is 5.41. The largest absolute Gasteiger partial charge is 0.481 e. The summed E-state index contributed by atoms with van der Waals surface area (Å²) in [5, 5.41) is 0. The number of methoxy groups -OCH3 is 1. The summed E-state index contributed by atoms with van der Waals surface area (Å²) in [4.78, 5) is 4.58. The summed E-state index contributed by atoms with van der Waals surface area (Å²) in [7, 11) is 1.64. The van der Waals surface area contributed by atoms with E-state index in [2.05, 4.69) is 41.4 Å². The van der Waals surface area contributed by atoms with Gasteiger partial charge in [-0.25, -0.2) is 4.99 Å². The van der Waals surface area contributed by atoms with Gasteiger partial charge in [-0.15, -0.1) is 24.0 Å². The van der Waals surface area contributed by atoms with Crippen LogP contribution in [0.2, 0.25) is 0 Å². The topological polar surface area (TPSA) is 21.6 Å². The molecule has 0 unspecified atom stereocenters. The number of nitrogens with zero attached hydrogens (tertiary/aromatic N) is 1. The van der Waals surface area contributed by atoms with Crippen LogP contribution >= 0.6 is 24.0 Å². The fraction of sp³-hybridized carbons (Fsp3) is 0.0455. The van der Waals surface area contributed by atoms with E-state index in [9.17, 15) is 0 Å². The fourth-order valence-corrected chi connectivity index (χ4v) is 2.34. The van der Waals surface area contributed by atoms with E-state index in [-0.39, 0.29) is 24.0 Å². The summed E-state index contributed by atoms with van der Waals surface area (Å²) in [5.41, 5.74) is 4.16.